The van der Waals surface area contributed by atoms with Crippen LogP contribution in [0.15, 0.2) is 60.7 Å². The van der Waals surface area contributed by atoms with Crippen LogP contribution in [0.25, 0.3) is 21.9 Å². The first kappa shape index (κ1) is 13.6. The van der Waals surface area contributed by atoms with Crippen molar-refractivity contribution >= 4 is 10.8 Å². The molecule has 0 atom stereocenters. The molecule has 0 bridgehead atoms. The summed E-state index contributed by atoms with van der Waals surface area (Å²) in [4.78, 5) is 0. The van der Waals surface area contributed by atoms with Gasteiger partial charge in [0.15, 0.2) is 0 Å². The number of fused-ring (bicyclic) bond motifs is 1. The summed E-state index contributed by atoms with van der Waals surface area (Å²) in [6.07, 6.45) is -4.46. The molecule has 0 aliphatic rings. The van der Waals surface area contributed by atoms with Crippen molar-refractivity contribution in [3.8, 4) is 11.1 Å². The molecule has 0 radical (unpaired) electrons. The maximum absolute atomic E-state index is 13.3. The molecule has 0 aliphatic carbocycles. The number of rotatable bonds is 1. The fourth-order valence-corrected chi connectivity index (χ4v) is 2.34. The molecule has 0 nitrogen and oxygen atoms in total. The molecule has 0 aliphatic heterocycles. The second kappa shape index (κ2) is 4.88. The minimum Gasteiger partial charge on any atom is -0.207 e. The molecule has 3 aromatic carbocycles. The molecule has 0 aromatic heterocycles. The van der Waals surface area contributed by atoms with E-state index >= 15 is 0 Å². The number of hydrogen-bond donors (Lipinski definition) is 0. The summed E-state index contributed by atoms with van der Waals surface area (Å²) in [5.74, 6) is -0.479. The lowest BCUT2D eigenvalue weighted by Gasteiger charge is -2.14. The van der Waals surface area contributed by atoms with Crippen molar-refractivity contribution in [2.24, 2.45) is 0 Å². The van der Waals surface area contributed by atoms with Gasteiger partial charge in [-0.15, -0.1) is 0 Å². The van der Waals surface area contributed by atoms with Crippen LogP contribution >= 0.6 is 0 Å². The lowest BCUT2D eigenvalue weighted by molar-refractivity contribution is -0.137. The van der Waals surface area contributed by atoms with Gasteiger partial charge in [-0.3, -0.25) is 0 Å². The van der Waals surface area contributed by atoms with Crippen LogP contribution in [0.3, 0.4) is 0 Å². The fourth-order valence-electron chi connectivity index (χ4n) is 2.34. The van der Waals surface area contributed by atoms with E-state index < -0.39 is 17.6 Å². The molecule has 0 heterocycles. The van der Waals surface area contributed by atoms with Gasteiger partial charge in [0.05, 0.1) is 5.56 Å². The molecule has 0 spiro atoms. The molecule has 3 rings (SSSR count). The maximum Gasteiger partial charge on any atom is 0.417 e. The van der Waals surface area contributed by atoms with Crippen LogP contribution in [0, 0.1) is 5.82 Å². The predicted octanol–water partition coefficient (Wildman–Crippen LogP) is 5.66. The Morgan fingerprint density at radius 1 is 0.714 bits per heavy atom. The van der Waals surface area contributed by atoms with Gasteiger partial charge in [0.25, 0.3) is 0 Å². The summed E-state index contributed by atoms with van der Waals surface area (Å²) in [5.41, 5.74) is -0.316. The molecule has 0 saturated heterocycles. The van der Waals surface area contributed by atoms with Crippen LogP contribution < -0.4 is 0 Å². The molecule has 0 saturated carbocycles. The highest BCUT2D eigenvalue weighted by Crippen LogP contribution is 2.39. The zero-order chi connectivity index (χ0) is 15.0. The first-order valence-electron chi connectivity index (χ1n) is 6.31. The van der Waals surface area contributed by atoms with Crippen molar-refractivity contribution in [3.63, 3.8) is 0 Å². The minimum atomic E-state index is -4.46. The molecule has 0 N–H and O–H groups in total. The Morgan fingerprint density at radius 2 is 1.29 bits per heavy atom. The molecule has 0 amide bonds. The maximum atomic E-state index is 13.3. The second-order valence-corrected chi connectivity index (χ2v) is 4.75. The van der Waals surface area contributed by atoms with Crippen molar-refractivity contribution < 1.29 is 17.6 Å². The lowest BCUT2D eigenvalue weighted by atomic mass is 9.95. The molecular weight excluding hydrogens is 280 g/mol. The van der Waals surface area contributed by atoms with Gasteiger partial charge in [-0.25, -0.2) is 4.39 Å². The van der Waals surface area contributed by atoms with Crippen LogP contribution in [0.1, 0.15) is 5.56 Å². The van der Waals surface area contributed by atoms with Crippen LogP contribution in [0.4, 0.5) is 17.6 Å². The highest BCUT2D eigenvalue weighted by molar-refractivity contribution is 5.89. The Balaban J connectivity index is 2.30. The second-order valence-electron chi connectivity index (χ2n) is 4.75. The van der Waals surface area contributed by atoms with E-state index in [1.54, 1.807) is 24.3 Å². The van der Waals surface area contributed by atoms with Crippen molar-refractivity contribution in [1.29, 1.82) is 0 Å². The van der Waals surface area contributed by atoms with Gasteiger partial charge in [0.2, 0.25) is 0 Å². The van der Waals surface area contributed by atoms with Crippen molar-refractivity contribution in [1.82, 2.24) is 0 Å². The highest BCUT2D eigenvalue weighted by Gasteiger charge is 2.34. The summed E-state index contributed by atoms with van der Waals surface area (Å²) in [6, 6.07) is 14.5. The Morgan fingerprint density at radius 3 is 1.86 bits per heavy atom. The number of benzene rings is 3. The van der Waals surface area contributed by atoms with Crippen molar-refractivity contribution in [2.45, 2.75) is 6.18 Å². The molecule has 0 unspecified atom stereocenters. The van der Waals surface area contributed by atoms with Gasteiger partial charge >= 0.3 is 6.18 Å². The Bertz CT molecular complexity index is 786. The Labute approximate surface area is 118 Å². The molecule has 0 fully saturated rings. The normalized spacial score (nSPS) is 11.8. The third-order valence-electron chi connectivity index (χ3n) is 3.35. The lowest BCUT2D eigenvalue weighted by Crippen LogP contribution is -2.07. The van der Waals surface area contributed by atoms with Gasteiger partial charge in [0.1, 0.15) is 5.82 Å². The molecule has 21 heavy (non-hydrogen) atoms. The Hall–Kier alpha value is -2.36. The van der Waals surface area contributed by atoms with Gasteiger partial charge in [-0.1, -0.05) is 36.4 Å². The first-order chi connectivity index (χ1) is 9.95. The van der Waals surface area contributed by atoms with Crippen LogP contribution in [-0.2, 0) is 6.18 Å². The monoisotopic (exact) mass is 290 g/mol. The molecule has 4 heteroatoms. The third kappa shape index (κ3) is 2.61. The van der Waals surface area contributed by atoms with Crippen LogP contribution in [0.2, 0.25) is 0 Å². The summed E-state index contributed by atoms with van der Waals surface area (Å²) >= 11 is 0. The van der Waals surface area contributed by atoms with Crippen molar-refractivity contribution in [3.05, 3.63) is 72.0 Å². The van der Waals surface area contributed by atoms with Gasteiger partial charge in [-0.2, -0.15) is 13.2 Å². The van der Waals surface area contributed by atoms with E-state index in [1.165, 1.54) is 18.2 Å². The zero-order valence-electron chi connectivity index (χ0n) is 10.8. The van der Waals surface area contributed by atoms with E-state index in [2.05, 4.69) is 0 Å². The number of halogens is 4. The quantitative estimate of drug-likeness (QED) is 0.507. The summed E-state index contributed by atoms with van der Waals surface area (Å²) in [6.45, 7) is 0. The van der Waals surface area contributed by atoms with E-state index in [0.29, 0.717) is 16.3 Å². The molecule has 106 valence electrons. The molecular formula is C17H10F4. The highest BCUT2D eigenvalue weighted by atomic mass is 19.4. The Kier molecular flexibility index (Phi) is 3.16. The minimum absolute atomic E-state index is 0.0567. The summed E-state index contributed by atoms with van der Waals surface area (Å²) < 4.78 is 52.8. The van der Waals surface area contributed by atoms with Crippen LogP contribution in [-0.4, -0.2) is 0 Å². The molecule has 3 aromatic rings. The van der Waals surface area contributed by atoms with E-state index in [4.69, 9.17) is 0 Å². The average molecular weight is 290 g/mol. The van der Waals surface area contributed by atoms with E-state index in [1.807, 2.05) is 0 Å². The standard InChI is InChI=1S/C17H10F4/c18-14-7-5-11(6-8-14)15-9-12-3-1-2-4-13(12)10-16(15)17(19,20)21/h1-10H. The average Bonchev–Trinajstić information content (AvgIpc) is 2.46. The largest absolute Gasteiger partial charge is 0.417 e. The third-order valence-corrected chi connectivity index (χ3v) is 3.35. The first-order valence-corrected chi connectivity index (χ1v) is 6.31. The van der Waals surface area contributed by atoms with E-state index in [-0.39, 0.29) is 5.56 Å². The fraction of sp³-hybridized carbons (Fsp3) is 0.0588. The van der Waals surface area contributed by atoms with Gasteiger partial charge < -0.3 is 0 Å². The van der Waals surface area contributed by atoms with E-state index in [9.17, 15) is 17.6 Å². The predicted molar refractivity (Wildman–Crippen MR) is 74.3 cm³/mol. The summed E-state index contributed by atoms with van der Waals surface area (Å²) in [7, 11) is 0. The SMILES string of the molecule is Fc1ccc(-c2cc3ccccc3cc2C(F)(F)F)cc1. The summed E-state index contributed by atoms with van der Waals surface area (Å²) in [5, 5.41) is 1.24. The smallest absolute Gasteiger partial charge is 0.207 e. The van der Waals surface area contributed by atoms with E-state index in [0.717, 1.165) is 18.2 Å². The number of hydrogen-bond acceptors (Lipinski definition) is 0. The van der Waals surface area contributed by atoms with Crippen molar-refractivity contribution in [2.75, 3.05) is 0 Å². The van der Waals surface area contributed by atoms with Crippen LogP contribution in [0.5, 0.6) is 0 Å². The van der Waals surface area contributed by atoms with Gasteiger partial charge in [0, 0.05) is 0 Å². The topological polar surface area (TPSA) is 0 Å². The van der Waals surface area contributed by atoms with Gasteiger partial charge in [-0.05, 0) is 46.2 Å². The zero-order valence-corrected chi connectivity index (χ0v) is 10.8. The number of alkyl halides is 3.